The van der Waals surface area contributed by atoms with E-state index in [1.165, 1.54) is 18.2 Å². The summed E-state index contributed by atoms with van der Waals surface area (Å²) in [5.74, 6) is -2.84. The number of hydrogen-bond acceptors (Lipinski definition) is 4. The van der Waals surface area contributed by atoms with E-state index in [9.17, 15) is 9.59 Å². The fraction of sp³-hybridized carbons (Fsp3) is 0. The van der Waals surface area contributed by atoms with Crippen LogP contribution in [0.25, 0.3) is 11.1 Å². The minimum absolute atomic E-state index is 0. The molecule has 1 heterocycles. The molecule has 0 aliphatic rings. The van der Waals surface area contributed by atoms with Crippen molar-refractivity contribution < 1.29 is 24.2 Å². The molecule has 0 spiro atoms. The van der Waals surface area contributed by atoms with Crippen molar-refractivity contribution >= 4 is 47.9 Å². The van der Waals surface area contributed by atoms with E-state index in [-0.39, 0.29) is 41.5 Å². The van der Waals surface area contributed by atoms with E-state index in [0.29, 0.717) is 0 Å². The van der Waals surface area contributed by atoms with Crippen molar-refractivity contribution in [3.05, 3.63) is 29.7 Å². The summed E-state index contributed by atoms with van der Waals surface area (Å²) in [6, 6.07) is 3.95. The van der Waals surface area contributed by atoms with Crippen molar-refractivity contribution in [1.82, 2.24) is 4.98 Å². The molecule has 0 aliphatic carbocycles. The van der Waals surface area contributed by atoms with Gasteiger partial charge in [0.1, 0.15) is 5.52 Å². The first-order chi connectivity index (χ1) is 7.08. The van der Waals surface area contributed by atoms with Gasteiger partial charge in [0.25, 0.3) is 0 Å². The lowest BCUT2D eigenvalue weighted by Gasteiger charge is -1.90. The molecule has 2 N–H and O–H groups in total. The topological polar surface area (TPSA) is 101 Å². The number of nitrogens with zero attached hydrogens (tertiary/aromatic N) is 1. The summed E-state index contributed by atoms with van der Waals surface area (Å²) >= 11 is 0. The Hall–Kier alpha value is -1.79. The second-order valence-corrected chi connectivity index (χ2v) is 2.81. The third kappa shape index (κ3) is 2.86. The Bertz CT molecular complexity index is 554. The molecule has 1 aromatic carbocycles. The number of benzene rings is 1. The molecule has 0 fully saturated rings. The molecule has 0 saturated carbocycles. The first-order valence-electron chi connectivity index (χ1n) is 3.95. The third-order valence-corrected chi connectivity index (χ3v) is 1.82. The summed E-state index contributed by atoms with van der Waals surface area (Å²) in [6.07, 6.45) is 0. The van der Waals surface area contributed by atoms with Gasteiger partial charge in [-0.15, -0.1) is 24.8 Å². The number of fused-ring (bicyclic) bond motifs is 1. The van der Waals surface area contributed by atoms with Crippen LogP contribution >= 0.6 is 24.8 Å². The molecule has 0 radical (unpaired) electrons. The molecule has 0 aliphatic heterocycles. The van der Waals surface area contributed by atoms with E-state index < -0.39 is 17.8 Å². The van der Waals surface area contributed by atoms with Gasteiger partial charge in [0, 0.05) is 0 Å². The van der Waals surface area contributed by atoms with Crippen molar-refractivity contribution in [2.75, 3.05) is 0 Å². The molecule has 8 heteroatoms. The fourth-order valence-electron chi connectivity index (χ4n) is 1.15. The number of halogens is 2. The Balaban J connectivity index is 0.00000128. The number of aromatic carboxylic acids is 2. The standard InChI is InChI=1S/C9H5NO5.2ClH/c11-8(12)4-1-2-6-5(3-4)10-7(15-6)9(13)14;;/h1-3H,(H,11,12)(H,13,14);2*1H. The van der Waals surface area contributed by atoms with Crippen LogP contribution in [0, 0.1) is 0 Å². The highest BCUT2D eigenvalue weighted by Crippen LogP contribution is 2.17. The molecule has 2 rings (SSSR count). The van der Waals surface area contributed by atoms with Gasteiger partial charge in [0.05, 0.1) is 5.56 Å². The number of aromatic nitrogens is 1. The summed E-state index contributed by atoms with van der Waals surface area (Å²) in [5.41, 5.74) is 0.498. The van der Waals surface area contributed by atoms with E-state index in [2.05, 4.69) is 4.98 Å². The third-order valence-electron chi connectivity index (χ3n) is 1.82. The maximum atomic E-state index is 10.6. The van der Waals surface area contributed by atoms with E-state index in [0.717, 1.165) is 0 Å². The largest absolute Gasteiger partial charge is 0.478 e. The van der Waals surface area contributed by atoms with Gasteiger partial charge in [-0.1, -0.05) is 0 Å². The maximum Gasteiger partial charge on any atom is 0.392 e. The van der Waals surface area contributed by atoms with Crippen LogP contribution in [0.15, 0.2) is 22.6 Å². The second kappa shape index (κ2) is 5.51. The summed E-state index contributed by atoms with van der Waals surface area (Å²) < 4.78 is 4.86. The Kier molecular flexibility index (Phi) is 4.93. The van der Waals surface area contributed by atoms with Crippen LogP contribution in [-0.4, -0.2) is 27.1 Å². The predicted octanol–water partition coefficient (Wildman–Crippen LogP) is 2.07. The monoisotopic (exact) mass is 279 g/mol. The molecule has 0 atom stereocenters. The summed E-state index contributed by atoms with van der Waals surface area (Å²) in [6.45, 7) is 0. The molecular weight excluding hydrogens is 273 g/mol. The molecule has 2 aromatic rings. The quantitative estimate of drug-likeness (QED) is 0.873. The zero-order valence-electron chi connectivity index (χ0n) is 8.11. The van der Waals surface area contributed by atoms with E-state index in [1.807, 2.05) is 0 Å². The SMILES string of the molecule is Cl.Cl.O=C(O)c1ccc2oc(C(=O)O)nc2c1. The number of carboxylic acid groups (broad SMARTS) is 2. The molecule has 17 heavy (non-hydrogen) atoms. The number of carboxylic acids is 2. The first-order valence-corrected chi connectivity index (χ1v) is 3.95. The highest BCUT2D eigenvalue weighted by molar-refractivity contribution is 5.93. The second-order valence-electron chi connectivity index (χ2n) is 2.81. The summed E-state index contributed by atoms with van der Waals surface area (Å²) in [5, 5.41) is 17.3. The minimum Gasteiger partial charge on any atom is -0.478 e. The predicted molar refractivity (Wildman–Crippen MR) is 62.4 cm³/mol. The van der Waals surface area contributed by atoms with Crippen molar-refractivity contribution in [2.45, 2.75) is 0 Å². The summed E-state index contributed by atoms with van der Waals surface area (Å²) in [4.78, 5) is 24.8. The zero-order valence-corrected chi connectivity index (χ0v) is 9.75. The van der Waals surface area contributed by atoms with E-state index >= 15 is 0 Å². The molecule has 6 nitrogen and oxygen atoms in total. The van der Waals surface area contributed by atoms with E-state index in [4.69, 9.17) is 14.6 Å². The van der Waals surface area contributed by atoms with Gasteiger partial charge in [-0.05, 0) is 18.2 Å². The van der Waals surface area contributed by atoms with Crippen molar-refractivity contribution in [3.63, 3.8) is 0 Å². The first kappa shape index (κ1) is 15.2. The normalized spacial score (nSPS) is 9.18. The molecule has 0 saturated heterocycles. The average molecular weight is 280 g/mol. The van der Waals surface area contributed by atoms with Crippen LogP contribution in [0.1, 0.15) is 21.0 Å². The van der Waals surface area contributed by atoms with Crippen molar-refractivity contribution in [2.24, 2.45) is 0 Å². The van der Waals surface area contributed by atoms with Gasteiger partial charge < -0.3 is 14.6 Å². The van der Waals surface area contributed by atoms with Crippen LogP contribution in [-0.2, 0) is 0 Å². The lowest BCUT2D eigenvalue weighted by Crippen LogP contribution is -1.96. The molecule has 0 bridgehead atoms. The Morgan fingerprint density at radius 3 is 2.29 bits per heavy atom. The number of rotatable bonds is 2. The van der Waals surface area contributed by atoms with Crippen LogP contribution in [0.5, 0.6) is 0 Å². The molecule has 0 amide bonds. The molecule has 0 unspecified atom stereocenters. The van der Waals surface area contributed by atoms with Crippen molar-refractivity contribution in [1.29, 1.82) is 0 Å². The minimum atomic E-state index is -1.29. The van der Waals surface area contributed by atoms with Crippen molar-refractivity contribution in [3.8, 4) is 0 Å². The van der Waals surface area contributed by atoms with Crippen LogP contribution < -0.4 is 0 Å². The van der Waals surface area contributed by atoms with Crippen LogP contribution in [0.3, 0.4) is 0 Å². The summed E-state index contributed by atoms with van der Waals surface area (Å²) in [7, 11) is 0. The highest BCUT2D eigenvalue weighted by Gasteiger charge is 2.13. The fourth-order valence-corrected chi connectivity index (χ4v) is 1.15. The van der Waals surface area contributed by atoms with E-state index in [1.54, 1.807) is 0 Å². The molecular formula is C9H7Cl2NO5. The average Bonchev–Trinajstić information content (AvgIpc) is 2.59. The number of carbonyl (C=O) groups is 2. The van der Waals surface area contributed by atoms with Gasteiger partial charge in [-0.3, -0.25) is 0 Å². The lowest BCUT2D eigenvalue weighted by atomic mass is 10.2. The molecule has 92 valence electrons. The number of hydrogen-bond donors (Lipinski definition) is 2. The maximum absolute atomic E-state index is 10.6. The van der Waals surface area contributed by atoms with Crippen LogP contribution in [0.4, 0.5) is 0 Å². The highest BCUT2D eigenvalue weighted by atomic mass is 35.5. The van der Waals surface area contributed by atoms with Gasteiger partial charge in [-0.25, -0.2) is 14.6 Å². The Morgan fingerprint density at radius 2 is 1.76 bits per heavy atom. The number of oxazole rings is 1. The smallest absolute Gasteiger partial charge is 0.392 e. The van der Waals surface area contributed by atoms with Crippen LogP contribution in [0.2, 0.25) is 0 Å². The van der Waals surface area contributed by atoms with Gasteiger partial charge in [0.15, 0.2) is 5.58 Å². The Labute approximate surface area is 107 Å². The Morgan fingerprint density at radius 1 is 1.12 bits per heavy atom. The van der Waals surface area contributed by atoms with Gasteiger partial charge >= 0.3 is 17.8 Å². The molecule has 1 aromatic heterocycles. The zero-order chi connectivity index (χ0) is 11.0. The van der Waals surface area contributed by atoms with Gasteiger partial charge in [0.2, 0.25) is 0 Å². The van der Waals surface area contributed by atoms with Gasteiger partial charge in [-0.2, -0.15) is 0 Å². The lowest BCUT2D eigenvalue weighted by molar-refractivity contribution is 0.0654.